The van der Waals surface area contributed by atoms with Crippen molar-refractivity contribution >= 4 is 11.6 Å². The fraction of sp³-hybridized carbons (Fsp3) is 0.500. The lowest BCUT2D eigenvalue weighted by Gasteiger charge is -2.36. The summed E-state index contributed by atoms with van der Waals surface area (Å²) in [5.41, 5.74) is 2.05. The van der Waals surface area contributed by atoms with E-state index >= 15 is 0 Å². The Labute approximate surface area is 138 Å². The molecule has 0 aliphatic carbocycles. The zero-order chi connectivity index (χ0) is 16.8. The lowest BCUT2D eigenvalue weighted by atomic mass is 10.0. The van der Waals surface area contributed by atoms with E-state index in [1.54, 1.807) is 31.1 Å². The van der Waals surface area contributed by atoms with Gasteiger partial charge >= 0.3 is 6.03 Å². The molecule has 0 saturated carbocycles. The van der Waals surface area contributed by atoms with Gasteiger partial charge in [0.1, 0.15) is 5.82 Å². The van der Waals surface area contributed by atoms with Crippen LogP contribution < -0.4 is 0 Å². The van der Waals surface area contributed by atoms with Crippen molar-refractivity contribution in [2.24, 2.45) is 0 Å². The van der Waals surface area contributed by atoms with E-state index in [4.69, 9.17) is 0 Å². The van der Waals surface area contributed by atoms with Gasteiger partial charge in [-0.25, -0.2) is 9.18 Å². The van der Waals surface area contributed by atoms with Gasteiger partial charge in [0.25, 0.3) is 0 Å². The standard InChI is InChI=1S/C18H26FN3O/c1-15(16-6-8-17(19)9-7-16)5-4-10-21-11-13-22(14-12-21)18(23)20(2)3/h6-9H,1,4-5,10-14H2,2-3H3. The highest BCUT2D eigenvalue weighted by atomic mass is 19.1. The van der Waals surface area contributed by atoms with Crippen LogP contribution in [0.25, 0.3) is 5.57 Å². The Morgan fingerprint density at radius 2 is 1.78 bits per heavy atom. The quantitative estimate of drug-likeness (QED) is 0.834. The van der Waals surface area contributed by atoms with E-state index in [2.05, 4.69) is 11.5 Å². The van der Waals surface area contributed by atoms with E-state index in [9.17, 15) is 9.18 Å². The van der Waals surface area contributed by atoms with Gasteiger partial charge in [-0.05, 0) is 42.7 Å². The van der Waals surface area contributed by atoms with E-state index < -0.39 is 0 Å². The van der Waals surface area contributed by atoms with E-state index in [-0.39, 0.29) is 11.8 Å². The molecule has 1 aliphatic heterocycles. The third-order valence-electron chi connectivity index (χ3n) is 4.23. The second kappa shape index (κ2) is 8.11. The highest BCUT2D eigenvalue weighted by molar-refractivity contribution is 5.73. The highest BCUT2D eigenvalue weighted by Gasteiger charge is 2.21. The van der Waals surface area contributed by atoms with E-state index in [0.29, 0.717) is 0 Å². The zero-order valence-corrected chi connectivity index (χ0v) is 14.1. The van der Waals surface area contributed by atoms with Crippen molar-refractivity contribution in [1.82, 2.24) is 14.7 Å². The van der Waals surface area contributed by atoms with Gasteiger partial charge in [0.15, 0.2) is 0 Å². The van der Waals surface area contributed by atoms with Crippen LogP contribution in [0.3, 0.4) is 0 Å². The van der Waals surface area contributed by atoms with Crippen molar-refractivity contribution in [3.05, 3.63) is 42.2 Å². The van der Waals surface area contributed by atoms with Crippen LogP contribution in [0.15, 0.2) is 30.8 Å². The molecule has 0 unspecified atom stereocenters. The van der Waals surface area contributed by atoms with Crippen molar-refractivity contribution in [3.8, 4) is 0 Å². The molecule has 0 radical (unpaired) electrons. The maximum atomic E-state index is 12.9. The second-order valence-corrected chi connectivity index (χ2v) is 6.22. The molecule has 1 aromatic carbocycles. The first kappa shape index (κ1) is 17.5. The van der Waals surface area contributed by atoms with E-state index in [0.717, 1.165) is 56.7 Å². The summed E-state index contributed by atoms with van der Waals surface area (Å²) in [4.78, 5) is 17.8. The Hall–Kier alpha value is -1.88. The Balaban J connectivity index is 1.68. The van der Waals surface area contributed by atoms with E-state index in [1.165, 1.54) is 12.1 Å². The van der Waals surface area contributed by atoms with Crippen LogP contribution in [0, 0.1) is 5.82 Å². The molecule has 1 aliphatic rings. The van der Waals surface area contributed by atoms with Crippen LogP contribution in [0.2, 0.25) is 0 Å². The van der Waals surface area contributed by atoms with Gasteiger partial charge in [0, 0.05) is 40.3 Å². The number of nitrogens with zero attached hydrogens (tertiary/aromatic N) is 3. The Kier molecular flexibility index (Phi) is 6.16. The molecule has 1 fully saturated rings. The lowest BCUT2D eigenvalue weighted by molar-refractivity contribution is 0.123. The van der Waals surface area contributed by atoms with Crippen molar-refractivity contribution in [1.29, 1.82) is 0 Å². The molecule has 0 atom stereocenters. The average Bonchev–Trinajstić information content (AvgIpc) is 2.55. The van der Waals surface area contributed by atoms with Crippen LogP contribution in [-0.2, 0) is 0 Å². The Morgan fingerprint density at radius 1 is 1.17 bits per heavy atom. The molecule has 2 rings (SSSR count). The minimum Gasteiger partial charge on any atom is -0.331 e. The Morgan fingerprint density at radius 3 is 2.35 bits per heavy atom. The van der Waals surface area contributed by atoms with Crippen LogP contribution in [0.5, 0.6) is 0 Å². The number of hydrogen-bond acceptors (Lipinski definition) is 2. The predicted molar refractivity (Wildman–Crippen MR) is 91.8 cm³/mol. The van der Waals surface area contributed by atoms with Crippen LogP contribution in [-0.4, -0.2) is 67.5 Å². The average molecular weight is 319 g/mol. The lowest BCUT2D eigenvalue weighted by Crippen LogP contribution is -2.51. The molecular weight excluding hydrogens is 293 g/mol. The van der Waals surface area contributed by atoms with Crippen molar-refractivity contribution < 1.29 is 9.18 Å². The number of rotatable bonds is 5. The van der Waals surface area contributed by atoms with Gasteiger partial charge in [-0.3, -0.25) is 4.90 Å². The number of benzene rings is 1. The number of piperazine rings is 1. The van der Waals surface area contributed by atoms with Gasteiger partial charge in [-0.2, -0.15) is 0 Å². The molecule has 1 heterocycles. The number of hydrogen-bond donors (Lipinski definition) is 0. The maximum Gasteiger partial charge on any atom is 0.319 e. The monoisotopic (exact) mass is 319 g/mol. The smallest absolute Gasteiger partial charge is 0.319 e. The van der Waals surface area contributed by atoms with Gasteiger partial charge in [-0.1, -0.05) is 18.7 Å². The van der Waals surface area contributed by atoms with Crippen molar-refractivity contribution in [2.75, 3.05) is 46.8 Å². The summed E-state index contributed by atoms with van der Waals surface area (Å²) >= 11 is 0. The number of urea groups is 1. The number of amides is 2. The molecular formula is C18H26FN3O. The minimum absolute atomic E-state index is 0.0920. The van der Waals surface area contributed by atoms with Crippen molar-refractivity contribution in [3.63, 3.8) is 0 Å². The molecule has 5 heteroatoms. The van der Waals surface area contributed by atoms with Crippen LogP contribution >= 0.6 is 0 Å². The largest absolute Gasteiger partial charge is 0.331 e. The fourth-order valence-corrected chi connectivity index (χ4v) is 2.79. The molecule has 0 aromatic heterocycles. The SMILES string of the molecule is C=C(CCCN1CCN(C(=O)N(C)C)CC1)c1ccc(F)cc1. The molecule has 1 aromatic rings. The van der Waals surface area contributed by atoms with Gasteiger partial charge in [0.05, 0.1) is 0 Å². The fourth-order valence-electron chi connectivity index (χ4n) is 2.79. The molecule has 0 bridgehead atoms. The minimum atomic E-state index is -0.216. The number of halogens is 1. The molecule has 1 saturated heterocycles. The van der Waals surface area contributed by atoms with Crippen LogP contribution in [0.4, 0.5) is 9.18 Å². The highest BCUT2D eigenvalue weighted by Crippen LogP contribution is 2.18. The molecule has 4 nitrogen and oxygen atoms in total. The predicted octanol–water partition coefficient (Wildman–Crippen LogP) is 2.92. The van der Waals surface area contributed by atoms with E-state index in [1.807, 2.05) is 4.90 Å². The summed E-state index contributed by atoms with van der Waals surface area (Å²) in [6.07, 6.45) is 1.93. The van der Waals surface area contributed by atoms with Crippen molar-refractivity contribution in [2.45, 2.75) is 12.8 Å². The summed E-state index contributed by atoms with van der Waals surface area (Å²) < 4.78 is 12.9. The first-order chi connectivity index (χ1) is 11.0. The second-order valence-electron chi connectivity index (χ2n) is 6.22. The number of carbonyl (C=O) groups is 1. The summed E-state index contributed by atoms with van der Waals surface area (Å²) in [6.45, 7) is 8.51. The summed E-state index contributed by atoms with van der Waals surface area (Å²) in [6, 6.07) is 6.60. The third kappa shape index (κ3) is 5.06. The number of allylic oxidation sites excluding steroid dienone is 1. The summed E-state index contributed by atoms with van der Waals surface area (Å²) in [5, 5.41) is 0. The van der Waals surface area contributed by atoms with Crippen LogP contribution in [0.1, 0.15) is 18.4 Å². The molecule has 0 spiro atoms. The van der Waals surface area contributed by atoms with Gasteiger partial charge < -0.3 is 9.80 Å². The Bertz CT molecular complexity index is 534. The van der Waals surface area contributed by atoms with Gasteiger partial charge in [0.2, 0.25) is 0 Å². The van der Waals surface area contributed by atoms with Gasteiger partial charge in [-0.15, -0.1) is 0 Å². The molecule has 126 valence electrons. The first-order valence-electron chi connectivity index (χ1n) is 8.09. The third-order valence-corrected chi connectivity index (χ3v) is 4.23. The molecule has 0 N–H and O–H groups in total. The number of carbonyl (C=O) groups excluding carboxylic acids is 1. The zero-order valence-electron chi connectivity index (χ0n) is 14.1. The molecule has 23 heavy (non-hydrogen) atoms. The summed E-state index contributed by atoms with van der Waals surface area (Å²) in [5.74, 6) is -0.216. The maximum absolute atomic E-state index is 12.9. The summed E-state index contributed by atoms with van der Waals surface area (Å²) in [7, 11) is 3.57. The first-order valence-corrected chi connectivity index (χ1v) is 8.09. The molecule has 2 amide bonds. The topological polar surface area (TPSA) is 26.8 Å². The normalized spacial score (nSPS) is 15.5.